The highest BCUT2D eigenvalue weighted by atomic mass is 16.3. The third-order valence-electron chi connectivity index (χ3n) is 7.30. The summed E-state index contributed by atoms with van der Waals surface area (Å²) in [5, 5.41) is 9.80. The average Bonchev–Trinajstić information content (AvgIpc) is 2.57. The second-order valence-corrected chi connectivity index (χ2v) is 8.59. The summed E-state index contributed by atoms with van der Waals surface area (Å²) in [6, 6.07) is 17.5. The number of aryl methyl sites for hydroxylation is 1. The minimum Gasteiger partial charge on any atom is -0.508 e. The molecule has 2 aromatic carbocycles. The topological polar surface area (TPSA) is 20.2 Å². The Kier molecular flexibility index (Phi) is 3.11. The van der Waals surface area contributed by atoms with Crippen molar-refractivity contribution in [2.45, 2.75) is 44.4 Å². The van der Waals surface area contributed by atoms with Crippen molar-refractivity contribution in [3.8, 4) is 5.75 Å². The minimum absolute atomic E-state index is 0.162. The van der Waals surface area contributed by atoms with Crippen LogP contribution in [0, 0.1) is 30.6 Å². The van der Waals surface area contributed by atoms with Gasteiger partial charge >= 0.3 is 0 Å². The van der Waals surface area contributed by atoms with Crippen LogP contribution >= 0.6 is 0 Å². The van der Waals surface area contributed by atoms with Gasteiger partial charge < -0.3 is 5.11 Å². The van der Waals surface area contributed by atoms with Gasteiger partial charge in [0.05, 0.1) is 0 Å². The molecule has 24 heavy (non-hydrogen) atoms. The van der Waals surface area contributed by atoms with Gasteiger partial charge in [0.1, 0.15) is 5.75 Å². The molecule has 4 saturated carbocycles. The van der Waals surface area contributed by atoms with Crippen LogP contribution in [0.4, 0.5) is 0 Å². The average molecular weight is 318 g/mol. The van der Waals surface area contributed by atoms with E-state index in [9.17, 15) is 5.11 Å². The Morgan fingerprint density at radius 3 is 1.67 bits per heavy atom. The van der Waals surface area contributed by atoms with E-state index < -0.39 is 0 Å². The van der Waals surface area contributed by atoms with Crippen molar-refractivity contribution in [2.24, 2.45) is 23.7 Å². The highest BCUT2D eigenvalue weighted by Gasteiger charge is 2.58. The van der Waals surface area contributed by atoms with Crippen LogP contribution in [-0.2, 0) is 5.41 Å². The van der Waals surface area contributed by atoms with Crippen LogP contribution in [-0.4, -0.2) is 5.11 Å². The zero-order valence-corrected chi connectivity index (χ0v) is 14.4. The second-order valence-electron chi connectivity index (χ2n) is 8.59. The summed E-state index contributed by atoms with van der Waals surface area (Å²) < 4.78 is 0. The molecule has 0 heterocycles. The van der Waals surface area contributed by atoms with E-state index in [1.165, 1.54) is 48.8 Å². The van der Waals surface area contributed by atoms with Crippen LogP contribution in [0.1, 0.15) is 48.8 Å². The van der Waals surface area contributed by atoms with E-state index in [0.29, 0.717) is 5.75 Å². The van der Waals surface area contributed by atoms with Crippen molar-refractivity contribution in [1.82, 2.24) is 0 Å². The predicted molar refractivity (Wildman–Crippen MR) is 97.1 cm³/mol. The van der Waals surface area contributed by atoms with E-state index in [1.54, 1.807) is 0 Å². The minimum atomic E-state index is 0.162. The molecule has 4 fully saturated rings. The lowest BCUT2D eigenvalue weighted by Crippen LogP contribution is -2.56. The third-order valence-corrected chi connectivity index (χ3v) is 7.30. The van der Waals surface area contributed by atoms with Gasteiger partial charge in [-0.1, -0.05) is 42.0 Å². The zero-order valence-electron chi connectivity index (χ0n) is 14.4. The van der Waals surface area contributed by atoms with Gasteiger partial charge in [-0.25, -0.2) is 0 Å². The number of phenolic OH excluding ortho intramolecular Hbond substituents is 1. The van der Waals surface area contributed by atoms with Crippen molar-refractivity contribution in [1.29, 1.82) is 0 Å². The standard InChI is InChI=1S/C23H26O/c1-15-2-4-18(5-3-15)23(19-6-8-22(24)9-7-19)20-11-16-10-17(13-20)14-21(23)12-16/h2-9,16-17,20-21,24H,10-14H2,1H3. The van der Waals surface area contributed by atoms with Crippen molar-refractivity contribution in [2.75, 3.05) is 0 Å². The first-order chi connectivity index (χ1) is 11.7. The molecule has 0 atom stereocenters. The molecule has 1 heteroatoms. The van der Waals surface area contributed by atoms with E-state index in [1.807, 2.05) is 12.1 Å². The Balaban J connectivity index is 1.72. The summed E-state index contributed by atoms with van der Waals surface area (Å²) in [6.07, 6.45) is 7.04. The molecule has 4 aliphatic carbocycles. The Morgan fingerprint density at radius 1 is 0.708 bits per heavy atom. The fourth-order valence-electron chi connectivity index (χ4n) is 6.60. The maximum absolute atomic E-state index is 9.80. The van der Waals surface area contributed by atoms with Crippen LogP contribution in [0.3, 0.4) is 0 Å². The molecule has 0 aromatic heterocycles. The lowest BCUT2D eigenvalue weighted by atomic mass is 9.42. The Labute approximate surface area is 144 Å². The van der Waals surface area contributed by atoms with Crippen LogP contribution in [0.5, 0.6) is 5.75 Å². The summed E-state index contributed by atoms with van der Waals surface area (Å²) >= 11 is 0. The van der Waals surface area contributed by atoms with Crippen molar-refractivity contribution in [3.63, 3.8) is 0 Å². The molecule has 4 aliphatic rings. The first-order valence-corrected chi connectivity index (χ1v) is 9.53. The fraction of sp³-hybridized carbons (Fsp3) is 0.478. The number of hydrogen-bond acceptors (Lipinski definition) is 1. The second kappa shape index (κ2) is 5.12. The zero-order chi connectivity index (χ0) is 16.3. The number of phenols is 1. The molecule has 2 aromatic rings. The molecule has 0 spiro atoms. The highest BCUT2D eigenvalue weighted by molar-refractivity contribution is 5.46. The summed E-state index contributed by atoms with van der Waals surface area (Å²) in [7, 11) is 0. The van der Waals surface area contributed by atoms with Crippen molar-refractivity contribution < 1.29 is 5.11 Å². The van der Waals surface area contributed by atoms with E-state index >= 15 is 0 Å². The third kappa shape index (κ3) is 1.93. The summed E-state index contributed by atoms with van der Waals surface area (Å²) in [5.74, 6) is 3.83. The van der Waals surface area contributed by atoms with Gasteiger partial charge in [-0.3, -0.25) is 0 Å². The van der Waals surface area contributed by atoms with E-state index in [0.717, 1.165) is 23.7 Å². The van der Waals surface area contributed by atoms with Crippen molar-refractivity contribution >= 4 is 0 Å². The first-order valence-electron chi connectivity index (χ1n) is 9.53. The first kappa shape index (κ1) is 14.6. The van der Waals surface area contributed by atoms with Gasteiger partial charge in [0.15, 0.2) is 0 Å². The molecular formula is C23H26O. The van der Waals surface area contributed by atoms with E-state index in [4.69, 9.17) is 0 Å². The molecule has 0 amide bonds. The lowest BCUT2D eigenvalue weighted by Gasteiger charge is -2.62. The van der Waals surface area contributed by atoms with Gasteiger partial charge in [-0.15, -0.1) is 0 Å². The number of hydrogen-bond donors (Lipinski definition) is 1. The largest absolute Gasteiger partial charge is 0.508 e. The van der Waals surface area contributed by atoms with E-state index in [2.05, 4.69) is 43.3 Å². The molecular weight excluding hydrogens is 292 g/mol. The SMILES string of the molecule is Cc1ccc(C2(c3ccc(O)cc3)C3CC4CC(C3)CC2C4)cc1. The Morgan fingerprint density at radius 2 is 1.17 bits per heavy atom. The maximum Gasteiger partial charge on any atom is 0.115 e. The van der Waals surface area contributed by atoms with Crippen LogP contribution < -0.4 is 0 Å². The Hall–Kier alpha value is -1.76. The number of benzene rings is 2. The van der Waals surface area contributed by atoms with Gasteiger partial charge in [-0.05, 0) is 86.0 Å². The molecule has 0 radical (unpaired) electrons. The van der Waals surface area contributed by atoms with E-state index in [-0.39, 0.29) is 5.41 Å². The Bertz CT molecular complexity index is 665. The van der Waals surface area contributed by atoms with Gasteiger partial charge in [0, 0.05) is 5.41 Å². The van der Waals surface area contributed by atoms with Crippen LogP contribution in [0.2, 0.25) is 0 Å². The monoisotopic (exact) mass is 318 g/mol. The lowest BCUT2D eigenvalue weighted by molar-refractivity contribution is -0.0418. The molecule has 0 saturated heterocycles. The highest BCUT2D eigenvalue weighted by Crippen LogP contribution is 2.65. The van der Waals surface area contributed by atoms with Gasteiger partial charge in [-0.2, -0.15) is 0 Å². The van der Waals surface area contributed by atoms with Crippen molar-refractivity contribution in [3.05, 3.63) is 65.2 Å². The molecule has 0 aliphatic heterocycles. The molecule has 1 N–H and O–H groups in total. The molecule has 1 nitrogen and oxygen atoms in total. The van der Waals surface area contributed by atoms with Gasteiger partial charge in [0.25, 0.3) is 0 Å². The smallest absolute Gasteiger partial charge is 0.115 e. The molecule has 0 unspecified atom stereocenters. The fourth-order valence-corrected chi connectivity index (χ4v) is 6.60. The molecule has 4 bridgehead atoms. The molecule has 124 valence electrons. The quantitative estimate of drug-likeness (QED) is 0.781. The number of rotatable bonds is 2. The predicted octanol–water partition coefficient (Wildman–Crippen LogP) is 5.44. The van der Waals surface area contributed by atoms with Gasteiger partial charge in [0.2, 0.25) is 0 Å². The van der Waals surface area contributed by atoms with Crippen LogP contribution in [0.25, 0.3) is 0 Å². The summed E-state index contributed by atoms with van der Waals surface area (Å²) in [5.41, 5.74) is 4.43. The molecule has 6 rings (SSSR count). The summed E-state index contributed by atoms with van der Waals surface area (Å²) in [6.45, 7) is 2.17. The summed E-state index contributed by atoms with van der Waals surface area (Å²) in [4.78, 5) is 0. The number of aromatic hydroxyl groups is 1. The maximum atomic E-state index is 9.80. The normalized spacial score (nSPS) is 36.9. The van der Waals surface area contributed by atoms with Crippen LogP contribution in [0.15, 0.2) is 48.5 Å².